The van der Waals surface area contributed by atoms with Crippen molar-refractivity contribution in [3.8, 4) is 0 Å². The first kappa shape index (κ1) is 16.8. The maximum absolute atomic E-state index is 12.2. The summed E-state index contributed by atoms with van der Waals surface area (Å²) in [6, 6.07) is 3.27. The van der Waals surface area contributed by atoms with Crippen LogP contribution >= 0.6 is 12.2 Å². The first-order chi connectivity index (χ1) is 8.97. The van der Waals surface area contributed by atoms with Crippen molar-refractivity contribution in [2.45, 2.75) is 39.0 Å². The Labute approximate surface area is 124 Å². The van der Waals surface area contributed by atoms with Gasteiger partial charge < -0.3 is 10.3 Å². The standard InChI is InChI=1S/C13H20N2O3S2/c1-9-5-6-10(11(14)19)12(16)15(9)7-8-20(17,18)13(2,3)4/h5-6H,7-8H2,1-4H3,(H2,14,19). The first-order valence-corrected chi connectivity index (χ1v) is 8.26. The third-order valence-corrected chi connectivity index (χ3v) is 5.98. The number of nitrogens with zero attached hydrogens (tertiary/aromatic N) is 1. The molecule has 2 N–H and O–H groups in total. The van der Waals surface area contributed by atoms with Crippen molar-refractivity contribution in [3.63, 3.8) is 0 Å². The van der Waals surface area contributed by atoms with Crippen LogP contribution in [0.25, 0.3) is 0 Å². The third-order valence-electron chi connectivity index (χ3n) is 3.17. The van der Waals surface area contributed by atoms with Crippen LogP contribution in [-0.4, -0.2) is 28.5 Å². The largest absolute Gasteiger partial charge is 0.389 e. The Kier molecular flexibility index (Phi) is 4.76. The third kappa shape index (κ3) is 3.46. The molecule has 0 bridgehead atoms. The number of hydrogen-bond acceptors (Lipinski definition) is 4. The number of nitrogens with two attached hydrogens (primary N) is 1. The van der Waals surface area contributed by atoms with Gasteiger partial charge in [0.15, 0.2) is 9.84 Å². The highest BCUT2D eigenvalue weighted by atomic mass is 32.2. The highest BCUT2D eigenvalue weighted by Gasteiger charge is 2.28. The predicted molar refractivity (Wildman–Crippen MR) is 84.9 cm³/mol. The van der Waals surface area contributed by atoms with E-state index in [0.717, 1.165) is 0 Å². The van der Waals surface area contributed by atoms with Gasteiger partial charge in [-0.15, -0.1) is 0 Å². The lowest BCUT2D eigenvalue weighted by Gasteiger charge is -2.20. The fraction of sp³-hybridized carbons (Fsp3) is 0.538. The van der Waals surface area contributed by atoms with Gasteiger partial charge >= 0.3 is 0 Å². The maximum atomic E-state index is 12.2. The fourth-order valence-electron chi connectivity index (χ4n) is 1.65. The minimum absolute atomic E-state index is 0.0161. The lowest BCUT2D eigenvalue weighted by molar-refractivity contribution is 0.551. The molecule has 0 amide bonds. The molecule has 0 unspecified atom stereocenters. The van der Waals surface area contributed by atoms with Gasteiger partial charge in [0.1, 0.15) is 4.99 Å². The molecular formula is C13H20N2O3S2. The van der Waals surface area contributed by atoms with E-state index in [2.05, 4.69) is 0 Å². The Morgan fingerprint density at radius 2 is 1.90 bits per heavy atom. The topological polar surface area (TPSA) is 82.2 Å². The molecule has 0 fully saturated rings. The van der Waals surface area contributed by atoms with Gasteiger partial charge in [-0.1, -0.05) is 12.2 Å². The molecule has 20 heavy (non-hydrogen) atoms. The zero-order valence-electron chi connectivity index (χ0n) is 12.1. The van der Waals surface area contributed by atoms with E-state index in [1.807, 2.05) is 0 Å². The average molecular weight is 316 g/mol. The zero-order valence-corrected chi connectivity index (χ0v) is 13.8. The van der Waals surface area contributed by atoms with Gasteiger partial charge in [0.25, 0.3) is 5.56 Å². The number of thiocarbonyl (C=S) groups is 1. The van der Waals surface area contributed by atoms with Crippen molar-refractivity contribution < 1.29 is 8.42 Å². The molecular weight excluding hydrogens is 296 g/mol. The normalized spacial score (nSPS) is 12.4. The Bertz CT molecular complexity index is 683. The fourth-order valence-corrected chi connectivity index (χ4v) is 2.84. The highest BCUT2D eigenvalue weighted by molar-refractivity contribution is 7.92. The second-order valence-corrected chi connectivity index (χ2v) is 8.94. The maximum Gasteiger partial charge on any atom is 0.261 e. The lowest BCUT2D eigenvalue weighted by atomic mass is 10.2. The monoisotopic (exact) mass is 316 g/mol. The molecule has 1 heterocycles. The van der Waals surface area contributed by atoms with E-state index in [1.54, 1.807) is 39.8 Å². The molecule has 0 aliphatic carbocycles. The molecule has 1 aromatic heterocycles. The highest BCUT2D eigenvalue weighted by Crippen LogP contribution is 2.16. The van der Waals surface area contributed by atoms with Crippen molar-refractivity contribution in [2.24, 2.45) is 5.73 Å². The van der Waals surface area contributed by atoms with E-state index in [1.165, 1.54) is 4.57 Å². The van der Waals surface area contributed by atoms with Gasteiger partial charge in [-0.25, -0.2) is 8.42 Å². The first-order valence-electron chi connectivity index (χ1n) is 6.20. The Hall–Kier alpha value is -1.21. The van der Waals surface area contributed by atoms with Crippen molar-refractivity contribution in [1.82, 2.24) is 4.57 Å². The lowest BCUT2D eigenvalue weighted by Crippen LogP contribution is -2.36. The van der Waals surface area contributed by atoms with E-state index in [-0.39, 0.29) is 28.4 Å². The average Bonchev–Trinajstić information content (AvgIpc) is 2.26. The molecule has 0 radical (unpaired) electrons. The van der Waals surface area contributed by atoms with Crippen molar-refractivity contribution >= 4 is 27.0 Å². The second kappa shape index (κ2) is 5.65. The molecule has 1 rings (SSSR count). The predicted octanol–water partition coefficient (Wildman–Crippen LogP) is 1.00. The van der Waals surface area contributed by atoms with Gasteiger partial charge in [0, 0.05) is 12.2 Å². The van der Waals surface area contributed by atoms with Crippen molar-refractivity contribution in [1.29, 1.82) is 0 Å². The number of aromatic nitrogens is 1. The number of rotatable bonds is 4. The van der Waals surface area contributed by atoms with Gasteiger partial charge in [-0.05, 0) is 39.8 Å². The zero-order chi connectivity index (χ0) is 15.7. The van der Waals surface area contributed by atoms with Crippen LogP contribution in [0.5, 0.6) is 0 Å². The van der Waals surface area contributed by atoms with E-state index in [4.69, 9.17) is 18.0 Å². The molecule has 7 heteroatoms. The van der Waals surface area contributed by atoms with Crippen molar-refractivity contribution in [2.75, 3.05) is 5.75 Å². The van der Waals surface area contributed by atoms with Crippen LogP contribution < -0.4 is 11.3 Å². The molecule has 0 aliphatic heterocycles. The van der Waals surface area contributed by atoms with Crippen LogP contribution in [0, 0.1) is 6.92 Å². The van der Waals surface area contributed by atoms with Crippen LogP contribution in [0.15, 0.2) is 16.9 Å². The summed E-state index contributed by atoms with van der Waals surface area (Å²) in [6.45, 7) is 6.77. The van der Waals surface area contributed by atoms with Crippen molar-refractivity contribution in [3.05, 3.63) is 33.7 Å². The van der Waals surface area contributed by atoms with Crippen LogP contribution in [0.3, 0.4) is 0 Å². The minimum Gasteiger partial charge on any atom is -0.389 e. The number of hydrogen-bond donors (Lipinski definition) is 1. The van der Waals surface area contributed by atoms with Gasteiger partial charge in [-0.2, -0.15) is 0 Å². The summed E-state index contributed by atoms with van der Waals surface area (Å²) < 4.78 is 24.8. The van der Waals surface area contributed by atoms with Gasteiger partial charge in [0.05, 0.1) is 16.1 Å². The molecule has 1 aromatic rings. The van der Waals surface area contributed by atoms with Crippen LogP contribution in [0.4, 0.5) is 0 Å². The van der Waals surface area contributed by atoms with E-state index < -0.39 is 14.6 Å². The summed E-state index contributed by atoms with van der Waals surface area (Å²) >= 11 is 4.82. The molecule has 0 saturated heterocycles. The summed E-state index contributed by atoms with van der Waals surface area (Å²) in [6.07, 6.45) is 0. The van der Waals surface area contributed by atoms with E-state index >= 15 is 0 Å². The van der Waals surface area contributed by atoms with Gasteiger partial charge in [-0.3, -0.25) is 4.79 Å². The molecule has 0 aromatic carbocycles. The molecule has 0 saturated carbocycles. The molecule has 0 spiro atoms. The Balaban J connectivity index is 3.15. The Morgan fingerprint density at radius 3 is 2.35 bits per heavy atom. The number of sulfone groups is 1. The van der Waals surface area contributed by atoms with Crippen LogP contribution in [0.1, 0.15) is 32.0 Å². The minimum atomic E-state index is -3.29. The molecule has 112 valence electrons. The molecule has 0 aliphatic rings. The smallest absolute Gasteiger partial charge is 0.261 e. The second-order valence-electron chi connectivity index (χ2n) is 5.64. The number of aryl methyl sites for hydroxylation is 1. The van der Waals surface area contributed by atoms with Gasteiger partial charge in [0.2, 0.25) is 0 Å². The molecule has 0 atom stereocenters. The summed E-state index contributed by atoms with van der Waals surface area (Å²) in [5.41, 5.74) is 6.05. The summed E-state index contributed by atoms with van der Waals surface area (Å²) in [7, 11) is -3.29. The summed E-state index contributed by atoms with van der Waals surface area (Å²) in [5.74, 6) is -0.0992. The SMILES string of the molecule is Cc1ccc(C(N)=S)c(=O)n1CCS(=O)(=O)C(C)(C)C. The Morgan fingerprint density at radius 1 is 1.35 bits per heavy atom. The number of pyridine rings is 1. The summed E-state index contributed by atoms with van der Waals surface area (Å²) in [4.78, 5) is 12.2. The molecule has 5 nitrogen and oxygen atoms in total. The van der Waals surface area contributed by atoms with Crippen LogP contribution in [0.2, 0.25) is 0 Å². The quantitative estimate of drug-likeness (QED) is 0.838. The van der Waals surface area contributed by atoms with Crippen LogP contribution in [-0.2, 0) is 16.4 Å². The van der Waals surface area contributed by atoms with E-state index in [9.17, 15) is 13.2 Å². The summed E-state index contributed by atoms with van der Waals surface area (Å²) in [5, 5.41) is 0. The van der Waals surface area contributed by atoms with E-state index in [0.29, 0.717) is 5.69 Å².